The van der Waals surface area contributed by atoms with Gasteiger partial charge in [-0.15, -0.1) is 11.8 Å². The number of pyridine rings is 1. The molecule has 0 fully saturated rings. The second-order valence-corrected chi connectivity index (χ2v) is 9.42. The molecule has 0 bridgehead atoms. The zero-order chi connectivity index (χ0) is 21.0. The molecule has 0 aliphatic heterocycles. The van der Waals surface area contributed by atoms with E-state index in [-0.39, 0.29) is 15.7 Å². The number of carboxylic acid groups (broad SMARTS) is 1. The predicted octanol–water partition coefficient (Wildman–Crippen LogP) is 3.87. The molecule has 1 heterocycles. The molecule has 3 aromatic rings. The van der Waals surface area contributed by atoms with Crippen molar-refractivity contribution in [2.45, 2.75) is 28.4 Å². The molecule has 29 heavy (non-hydrogen) atoms. The number of aromatic carboxylic acids is 1. The van der Waals surface area contributed by atoms with Gasteiger partial charge in [-0.05, 0) is 54.3 Å². The van der Waals surface area contributed by atoms with Gasteiger partial charge in [-0.25, -0.2) is 18.4 Å². The SMILES string of the molecule is CC(Sc1cc(C(=O)O)cc(S(N)(=O)=O)c1Cc1ccccc1)c1ccncc1. The van der Waals surface area contributed by atoms with E-state index in [1.807, 2.05) is 49.4 Å². The van der Waals surface area contributed by atoms with E-state index in [1.165, 1.54) is 17.8 Å². The fraction of sp³-hybridized carbons (Fsp3) is 0.143. The molecule has 2 aromatic carbocycles. The highest BCUT2D eigenvalue weighted by molar-refractivity contribution is 7.99. The summed E-state index contributed by atoms with van der Waals surface area (Å²) in [6.07, 6.45) is 3.68. The molecule has 3 N–H and O–H groups in total. The Morgan fingerprint density at radius 2 is 1.79 bits per heavy atom. The lowest BCUT2D eigenvalue weighted by atomic mass is 10.0. The summed E-state index contributed by atoms with van der Waals surface area (Å²) in [7, 11) is -4.12. The third kappa shape index (κ3) is 5.23. The van der Waals surface area contributed by atoms with E-state index in [2.05, 4.69) is 4.98 Å². The van der Waals surface area contributed by atoms with Crippen molar-refractivity contribution in [2.75, 3.05) is 0 Å². The summed E-state index contributed by atoms with van der Waals surface area (Å²) in [4.78, 5) is 16.0. The Balaban J connectivity index is 2.15. The number of benzene rings is 2. The number of aromatic nitrogens is 1. The van der Waals surface area contributed by atoms with Crippen LogP contribution in [0.5, 0.6) is 0 Å². The van der Waals surface area contributed by atoms with Crippen LogP contribution in [0.25, 0.3) is 0 Å². The Labute approximate surface area is 173 Å². The Bertz CT molecular complexity index is 1120. The van der Waals surface area contributed by atoms with Gasteiger partial charge in [-0.3, -0.25) is 4.98 Å². The van der Waals surface area contributed by atoms with Crippen molar-refractivity contribution in [3.63, 3.8) is 0 Å². The molecule has 3 rings (SSSR count). The Kier molecular flexibility index (Phi) is 6.36. The van der Waals surface area contributed by atoms with E-state index in [0.29, 0.717) is 16.9 Å². The molecule has 0 saturated heterocycles. The van der Waals surface area contributed by atoms with Gasteiger partial charge in [-0.1, -0.05) is 30.3 Å². The van der Waals surface area contributed by atoms with Crippen LogP contribution in [-0.4, -0.2) is 24.5 Å². The number of primary sulfonamides is 1. The third-order valence-corrected chi connectivity index (χ3v) is 6.65. The molecule has 8 heteroatoms. The Morgan fingerprint density at radius 1 is 1.14 bits per heavy atom. The van der Waals surface area contributed by atoms with E-state index in [9.17, 15) is 18.3 Å². The van der Waals surface area contributed by atoms with Crippen molar-refractivity contribution in [3.8, 4) is 0 Å². The average Bonchev–Trinajstić information content (AvgIpc) is 2.69. The minimum atomic E-state index is -4.12. The third-order valence-electron chi connectivity index (χ3n) is 4.42. The predicted molar refractivity (Wildman–Crippen MR) is 113 cm³/mol. The lowest BCUT2D eigenvalue weighted by Crippen LogP contribution is -2.17. The van der Waals surface area contributed by atoms with Gasteiger partial charge in [0.05, 0.1) is 10.5 Å². The first-order valence-electron chi connectivity index (χ1n) is 8.79. The monoisotopic (exact) mass is 428 g/mol. The average molecular weight is 429 g/mol. The van der Waals surface area contributed by atoms with Crippen LogP contribution in [0.2, 0.25) is 0 Å². The van der Waals surface area contributed by atoms with Gasteiger partial charge in [0.15, 0.2) is 0 Å². The number of hydrogen-bond donors (Lipinski definition) is 2. The molecule has 1 atom stereocenters. The van der Waals surface area contributed by atoms with Crippen LogP contribution in [0, 0.1) is 0 Å². The van der Waals surface area contributed by atoms with Gasteiger partial charge < -0.3 is 5.11 Å². The van der Waals surface area contributed by atoms with E-state index in [1.54, 1.807) is 12.4 Å². The van der Waals surface area contributed by atoms with Crippen LogP contribution in [-0.2, 0) is 16.4 Å². The summed E-state index contributed by atoms with van der Waals surface area (Å²) < 4.78 is 24.6. The molecule has 0 aliphatic rings. The first-order valence-corrected chi connectivity index (χ1v) is 11.2. The summed E-state index contributed by atoms with van der Waals surface area (Å²) >= 11 is 1.39. The Morgan fingerprint density at radius 3 is 2.38 bits per heavy atom. The normalized spacial score (nSPS) is 12.5. The van der Waals surface area contributed by atoms with Gasteiger partial charge >= 0.3 is 5.97 Å². The van der Waals surface area contributed by atoms with Crippen molar-refractivity contribution < 1.29 is 18.3 Å². The summed E-state index contributed by atoms with van der Waals surface area (Å²) in [5, 5.41) is 14.9. The number of carboxylic acids is 1. The first kappa shape index (κ1) is 21.0. The highest BCUT2D eigenvalue weighted by atomic mass is 32.2. The first-order chi connectivity index (χ1) is 13.8. The summed E-state index contributed by atoms with van der Waals surface area (Å²) in [6, 6.07) is 15.8. The van der Waals surface area contributed by atoms with Gasteiger partial charge in [-0.2, -0.15) is 0 Å². The van der Waals surface area contributed by atoms with Gasteiger partial charge in [0, 0.05) is 22.5 Å². The number of nitrogens with two attached hydrogens (primary N) is 1. The quantitative estimate of drug-likeness (QED) is 0.553. The molecule has 1 aromatic heterocycles. The second-order valence-electron chi connectivity index (χ2n) is 6.50. The largest absolute Gasteiger partial charge is 0.478 e. The Hall–Kier alpha value is -2.68. The highest BCUT2D eigenvalue weighted by Crippen LogP contribution is 2.39. The number of hydrogen-bond acceptors (Lipinski definition) is 5. The van der Waals surface area contributed by atoms with Crippen LogP contribution in [0.4, 0.5) is 0 Å². The molecule has 150 valence electrons. The van der Waals surface area contributed by atoms with Crippen molar-refractivity contribution >= 4 is 27.8 Å². The topological polar surface area (TPSA) is 110 Å². The minimum Gasteiger partial charge on any atom is -0.478 e. The van der Waals surface area contributed by atoms with Crippen LogP contribution in [0.15, 0.2) is 76.8 Å². The molecule has 6 nitrogen and oxygen atoms in total. The maximum Gasteiger partial charge on any atom is 0.335 e. The smallest absolute Gasteiger partial charge is 0.335 e. The van der Waals surface area contributed by atoms with E-state index >= 15 is 0 Å². The van der Waals surface area contributed by atoms with Gasteiger partial charge in [0.25, 0.3) is 0 Å². The number of sulfonamides is 1. The molecule has 0 saturated carbocycles. The maximum absolute atomic E-state index is 12.3. The van der Waals surface area contributed by atoms with Crippen molar-refractivity contribution in [3.05, 3.63) is 89.2 Å². The van der Waals surface area contributed by atoms with E-state index < -0.39 is 16.0 Å². The van der Waals surface area contributed by atoms with Crippen LogP contribution in [0.3, 0.4) is 0 Å². The summed E-state index contributed by atoms with van der Waals surface area (Å²) in [6.45, 7) is 1.97. The molecule has 0 aliphatic carbocycles. The van der Waals surface area contributed by atoms with E-state index in [0.717, 1.165) is 17.2 Å². The maximum atomic E-state index is 12.3. The minimum absolute atomic E-state index is 0.0510. The standard InChI is InChI=1S/C21H20N2O4S2/c1-14(16-7-9-23-10-8-16)28-19-12-17(21(24)25)13-20(29(22,26)27)18(19)11-15-5-3-2-4-6-15/h2-10,12-14H,11H2,1H3,(H,24,25)(H2,22,26,27). The lowest BCUT2D eigenvalue weighted by Gasteiger charge is -2.18. The highest BCUT2D eigenvalue weighted by Gasteiger charge is 2.23. The van der Waals surface area contributed by atoms with Crippen LogP contribution >= 0.6 is 11.8 Å². The molecule has 1 unspecified atom stereocenters. The second kappa shape index (κ2) is 8.77. The molecular formula is C21H20N2O4S2. The summed E-state index contributed by atoms with van der Waals surface area (Å²) in [5.74, 6) is -1.21. The molecule has 0 spiro atoms. The molecular weight excluding hydrogens is 408 g/mol. The molecule has 0 radical (unpaired) electrons. The zero-order valence-electron chi connectivity index (χ0n) is 15.6. The van der Waals surface area contributed by atoms with Gasteiger partial charge in [0.1, 0.15) is 0 Å². The van der Waals surface area contributed by atoms with E-state index in [4.69, 9.17) is 5.14 Å². The number of thioether (sulfide) groups is 1. The fourth-order valence-electron chi connectivity index (χ4n) is 2.97. The van der Waals surface area contributed by atoms with Crippen LogP contribution in [0.1, 0.15) is 39.2 Å². The summed E-state index contributed by atoms with van der Waals surface area (Å²) in [5.41, 5.74) is 2.28. The molecule has 0 amide bonds. The number of carbonyl (C=O) groups is 1. The fourth-order valence-corrected chi connectivity index (χ4v) is 5.04. The van der Waals surface area contributed by atoms with Crippen LogP contribution < -0.4 is 5.14 Å². The lowest BCUT2D eigenvalue weighted by molar-refractivity contribution is 0.0696. The van der Waals surface area contributed by atoms with Crippen molar-refractivity contribution in [2.24, 2.45) is 5.14 Å². The zero-order valence-corrected chi connectivity index (χ0v) is 17.3. The van der Waals surface area contributed by atoms with Crippen molar-refractivity contribution in [1.82, 2.24) is 4.98 Å². The van der Waals surface area contributed by atoms with Gasteiger partial charge in [0.2, 0.25) is 10.0 Å². The number of nitrogens with zero attached hydrogens (tertiary/aromatic N) is 1. The van der Waals surface area contributed by atoms with Crippen molar-refractivity contribution in [1.29, 1.82) is 0 Å². The number of rotatable bonds is 7.